The van der Waals surface area contributed by atoms with Crippen molar-refractivity contribution >= 4 is 33.1 Å². The summed E-state index contributed by atoms with van der Waals surface area (Å²) in [5.74, 6) is -0.901. The molecule has 2 N–H and O–H groups in total. The van der Waals surface area contributed by atoms with Crippen molar-refractivity contribution in [2.75, 3.05) is 6.54 Å². The highest BCUT2D eigenvalue weighted by molar-refractivity contribution is 9.11. The van der Waals surface area contributed by atoms with Crippen molar-refractivity contribution in [3.63, 3.8) is 0 Å². The first kappa shape index (κ1) is 22.0. The van der Waals surface area contributed by atoms with Crippen LogP contribution in [0.25, 0.3) is 5.52 Å². The number of carbonyl (C=O) groups is 1. The van der Waals surface area contributed by atoms with Crippen molar-refractivity contribution in [3.8, 4) is 0 Å². The topological polar surface area (TPSA) is 98.9 Å². The van der Waals surface area contributed by atoms with Crippen LogP contribution in [0.2, 0.25) is 0 Å². The number of aliphatic hydroxyl groups is 1. The lowest BCUT2D eigenvalue weighted by molar-refractivity contribution is -0.129. The molecule has 0 spiro atoms. The van der Waals surface area contributed by atoms with Gasteiger partial charge in [0.2, 0.25) is 0 Å². The number of carbonyl (C=O) groups excluding carboxylic acids is 1. The molecule has 0 fully saturated rings. The second-order valence-electron chi connectivity index (χ2n) is 8.89. The van der Waals surface area contributed by atoms with Crippen LogP contribution in [0.3, 0.4) is 0 Å². The summed E-state index contributed by atoms with van der Waals surface area (Å²) in [6.07, 6.45) is 4.51. The monoisotopic (exact) mass is 514 g/mol. The zero-order valence-electron chi connectivity index (χ0n) is 18.5. The van der Waals surface area contributed by atoms with Gasteiger partial charge in [0.25, 0.3) is 5.91 Å². The Morgan fingerprint density at radius 2 is 2.21 bits per heavy atom. The number of nitrogens with zero attached hydrogens (tertiary/aromatic N) is 5. The van der Waals surface area contributed by atoms with E-state index in [0.29, 0.717) is 52.2 Å². The summed E-state index contributed by atoms with van der Waals surface area (Å²) < 4.78 is 16.3. The number of rotatable bonds is 4. The van der Waals surface area contributed by atoms with Gasteiger partial charge in [-0.3, -0.25) is 4.79 Å². The Morgan fingerprint density at radius 1 is 1.42 bits per heavy atom. The van der Waals surface area contributed by atoms with E-state index in [1.54, 1.807) is 43.4 Å². The fraction of sp³-hybridized carbons (Fsp3) is 0.391. The maximum Gasteiger partial charge on any atom is 0.254 e. The molecule has 33 heavy (non-hydrogen) atoms. The van der Waals surface area contributed by atoms with Gasteiger partial charge in [0.15, 0.2) is 0 Å². The largest absolute Gasteiger partial charge is 0.384 e. The minimum atomic E-state index is -1.16. The average Bonchev–Trinajstić information content (AvgIpc) is 3.48. The van der Waals surface area contributed by atoms with E-state index in [2.05, 4.69) is 36.0 Å². The highest BCUT2D eigenvalue weighted by Gasteiger charge is 2.44. The number of aliphatic imine (C=N–C) groups is 1. The first-order chi connectivity index (χ1) is 15.7. The molecule has 1 amide bonds. The third kappa shape index (κ3) is 3.52. The van der Waals surface area contributed by atoms with Crippen LogP contribution < -0.4 is 0 Å². The number of imidazole rings is 1. The van der Waals surface area contributed by atoms with Crippen molar-refractivity contribution in [3.05, 3.63) is 63.8 Å². The predicted molar refractivity (Wildman–Crippen MR) is 124 cm³/mol. The first-order valence-corrected chi connectivity index (χ1v) is 11.7. The van der Waals surface area contributed by atoms with Gasteiger partial charge in [-0.1, -0.05) is 6.92 Å². The molecule has 0 radical (unpaired) electrons. The van der Waals surface area contributed by atoms with Crippen LogP contribution >= 0.6 is 15.9 Å². The molecule has 8 nitrogen and oxygen atoms in total. The average molecular weight is 515 g/mol. The Kier molecular flexibility index (Phi) is 5.24. The molecule has 3 aromatic heterocycles. The van der Waals surface area contributed by atoms with Crippen LogP contribution in [0.15, 0.2) is 45.9 Å². The molecule has 2 aliphatic heterocycles. The predicted octanol–water partition coefficient (Wildman–Crippen LogP) is 3.53. The molecule has 0 saturated heterocycles. The Balaban J connectivity index is 1.59. The third-order valence-electron chi connectivity index (χ3n) is 6.32. The van der Waals surface area contributed by atoms with E-state index in [9.17, 15) is 14.3 Å². The molecular formula is C23H24BrFN6O2. The number of aromatic nitrogens is 4. The number of halogens is 2. The van der Waals surface area contributed by atoms with Crippen molar-refractivity contribution < 1.29 is 14.3 Å². The minimum absolute atomic E-state index is 0.201. The molecule has 5 rings (SSSR count). The Labute approximate surface area is 198 Å². The van der Waals surface area contributed by atoms with Crippen LogP contribution in [0.5, 0.6) is 0 Å². The van der Waals surface area contributed by atoms with Crippen LogP contribution in [-0.2, 0) is 11.2 Å². The van der Waals surface area contributed by atoms with Crippen LogP contribution in [-0.4, -0.2) is 53.4 Å². The lowest BCUT2D eigenvalue weighted by Crippen LogP contribution is -2.44. The summed E-state index contributed by atoms with van der Waals surface area (Å²) in [5.41, 5.74) is 2.41. The quantitative estimate of drug-likeness (QED) is 0.520. The Bertz CT molecular complexity index is 1320. The zero-order chi connectivity index (χ0) is 23.5. The standard InChI is InChI=1S/C23H24BrFN6O2/c1-4-12-17(21(24)28-20(12)23(2,3)33)22(32)30-9-7-14-18(27-11-26-14)19(30)15-10-16-13(25)6-5-8-31(16)29-15/h5-6,8,10-12,19,33H,4,7,9H2,1-3H3,(H,26,27). The summed E-state index contributed by atoms with van der Waals surface area (Å²) >= 11 is 3.47. The van der Waals surface area contributed by atoms with E-state index in [1.165, 1.54) is 10.6 Å². The van der Waals surface area contributed by atoms with E-state index in [4.69, 9.17) is 0 Å². The lowest BCUT2D eigenvalue weighted by Gasteiger charge is -2.35. The fourth-order valence-corrected chi connectivity index (χ4v) is 5.44. The first-order valence-electron chi connectivity index (χ1n) is 10.9. The van der Waals surface area contributed by atoms with E-state index in [-0.39, 0.29) is 17.6 Å². The summed E-state index contributed by atoms with van der Waals surface area (Å²) in [7, 11) is 0. The van der Waals surface area contributed by atoms with Gasteiger partial charge in [0, 0.05) is 30.8 Å². The molecular weight excluding hydrogens is 491 g/mol. The minimum Gasteiger partial charge on any atom is -0.384 e. The maximum atomic E-state index is 14.4. The van der Waals surface area contributed by atoms with Gasteiger partial charge in [-0.05, 0) is 54.4 Å². The molecule has 2 unspecified atom stereocenters. The van der Waals surface area contributed by atoms with Crippen LogP contribution in [0.4, 0.5) is 4.39 Å². The van der Waals surface area contributed by atoms with E-state index < -0.39 is 11.6 Å². The van der Waals surface area contributed by atoms with Crippen LogP contribution in [0, 0.1) is 11.7 Å². The zero-order valence-corrected chi connectivity index (χ0v) is 20.1. The molecule has 2 atom stereocenters. The molecule has 172 valence electrons. The number of aromatic amines is 1. The van der Waals surface area contributed by atoms with Crippen molar-refractivity contribution in [1.82, 2.24) is 24.5 Å². The second kappa shape index (κ2) is 7.88. The second-order valence-corrected chi connectivity index (χ2v) is 9.65. The summed E-state index contributed by atoms with van der Waals surface area (Å²) in [6, 6.07) is 4.05. The molecule has 10 heteroatoms. The summed E-state index contributed by atoms with van der Waals surface area (Å²) in [4.78, 5) is 27.9. The van der Waals surface area contributed by atoms with Gasteiger partial charge in [0.05, 0.1) is 34.6 Å². The molecule has 2 aliphatic rings. The molecule has 0 aliphatic carbocycles. The van der Waals surface area contributed by atoms with Crippen molar-refractivity contribution in [1.29, 1.82) is 0 Å². The summed E-state index contributed by atoms with van der Waals surface area (Å²) in [6.45, 7) is 5.75. The SMILES string of the molecule is CCC1C(C(C)(C)O)=NC(Br)=C1C(=O)N1CCc2[nH]cnc2C1c1cc2c(F)cccn2n1. The van der Waals surface area contributed by atoms with Gasteiger partial charge in [-0.25, -0.2) is 18.9 Å². The highest BCUT2D eigenvalue weighted by Crippen LogP contribution is 2.40. The smallest absolute Gasteiger partial charge is 0.254 e. The number of pyridine rings is 1. The number of hydrogen-bond donors (Lipinski definition) is 2. The van der Waals surface area contributed by atoms with Gasteiger partial charge >= 0.3 is 0 Å². The molecule has 3 aromatic rings. The lowest BCUT2D eigenvalue weighted by atomic mass is 9.84. The van der Waals surface area contributed by atoms with E-state index in [0.717, 1.165) is 5.69 Å². The maximum absolute atomic E-state index is 14.4. The third-order valence-corrected chi connectivity index (χ3v) is 6.92. The number of H-pyrrole nitrogens is 1. The summed E-state index contributed by atoms with van der Waals surface area (Å²) in [5, 5.41) is 15.2. The fourth-order valence-electron chi connectivity index (χ4n) is 4.81. The highest BCUT2D eigenvalue weighted by atomic mass is 79.9. The van der Waals surface area contributed by atoms with Gasteiger partial charge in [0.1, 0.15) is 22.0 Å². The number of hydrogen-bond acceptors (Lipinski definition) is 5. The molecule has 0 bridgehead atoms. The van der Waals surface area contributed by atoms with Gasteiger partial charge in [-0.2, -0.15) is 5.10 Å². The van der Waals surface area contributed by atoms with E-state index >= 15 is 0 Å². The van der Waals surface area contributed by atoms with Crippen LogP contribution in [0.1, 0.15) is 50.3 Å². The normalized spacial score (nSPS) is 21.0. The molecule has 0 aromatic carbocycles. The number of amides is 1. The Hall–Kier alpha value is -2.85. The number of fused-ring (bicyclic) bond motifs is 2. The Morgan fingerprint density at radius 3 is 2.91 bits per heavy atom. The van der Waals surface area contributed by atoms with Crippen molar-refractivity contribution in [2.45, 2.75) is 45.3 Å². The van der Waals surface area contributed by atoms with Gasteiger partial charge < -0.3 is 15.0 Å². The molecule has 0 saturated carbocycles. The van der Waals surface area contributed by atoms with E-state index in [1.807, 2.05) is 6.92 Å². The van der Waals surface area contributed by atoms with Crippen molar-refractivity contribution in [2.24, 2.45) is 10.9 Å². The van der Waals surface area contributed by atoms with Gasteiger partial charge in [-0.15, -0.1) is 0 Å². The molecule has 5 heterocycles. The number of nitrogens with one attached hydrogen (secondary N) is 1.